The van der Waals surface area contributed by atoms with E-state index in [4.69, 9.17) is 4.99 Å². The van der Waals surface area contributed by atoms with Gasteiger partial charge in [-0.25, -0.2) is 0 Å². The predicted molar refractivity (Wildman–Crippen MR) is 134 cm³/mol. The molecule has 2 N–H and O–H groups in total. The predicted octanol–water partition coefficient (Wildman–Crippen LogP) is 4.08. The number of halogens is 1. The number of hydrogen-bond donors (Lipinski definition) is 2. The lowest BCUT2D eigenvalue weighted by molar-refractivity contribution is 0.468. The highest BCUT2D eigenvalue weighted by Gasteiger charge is 2.21. The minimum atomic E-state index is 0. The Morgan fingerprint density at radius 1 is 1.21 bits per heavy atom. The highest BCUT2D eigenvalue weighted by atomic mass is 127. The molecule has 0 radical (unpaired) electrons. The van der Waals surface area contributed by atoms with E-state index >= 15 is 0 Å². The fourth-order valence-corrected chi connectivity index (χ4v) is 3.67. The Hall–Kier alpha value is -1.83. The maximum atomic E-state index is 4.81. The van der Waals surface area contributed by atoms with Gasteiger partial charge in [-0.3, -0.25) is 9.98 Å². The Balaban J connectivity index is 0.00000300. The van der Waals surface area contributed by atoms with Gasteiger partial charge in [-0.05, 0) is 69.4 Å². The number of aromatic nitrogens is 1. The van der Waals surface area contributed by atoms with Crippen molar-refractivity contribution in [3.63, 3.8) is 0 Å². The average molecular weight is 507 g/mol. The molecular formula is C23H34IN5. The summed E-state index contributed by atoms with van der Waals surface area (Å²) in [6.45, 7) is 10.1. The lowest BCUT2D eigenvalue weighted by atomic mass is 10.0. The summed E-state index contributed by atoms with van der Waals surface area (Å²) in [5.74, 6) is 0.921. The van der Waals surface area contributed by atoms with Crippen LogP contribution in [0.5, 0.6) is 0 Å². The molecule has 1 aromatic carbocycles. The molecule has 29 heavy (non-hydrogen) atoms. The Bertz CT molecular complexity index is 775. The highest BCUT2D eigenvalue weighted by Crippen LogP contribution is 2.20. The van der Waals surface area contributed by atoms with Crippen molar-refractivity contribution in [2.24, 2.45) is 4.99 Å². The van der Waals surface area contributed by atoms with Crippen LogP contribution in [0, 0.1) is 13.8 Å². The van der Waals surface area contributed by atoms with E-state index in [-0.39, 0.29) is 24.0 Å². The van der Waals surface area contributed by atoms with Crippen molar-refractivity contribution in [3.05, 3.63) is 59.4 Å². The third kappa shape index (κ3) is 7.17. The van der Waals surface area contributed by atoms with Crippen molar-refractivity contribution >= 4 is 35.6 Å². The van der Waals surface area contributed by atoms with Gasteiger partial charge in [0.1, 0.15) is 0 Å². The van der Waals surface area contributed by atoms with E-state index < -0.39 is 0 Å². The second kappa shape index (κ2) is 12.0. The van der Waals surface area contributed by atoms with Gasteiger partial charge in [0.2, 0.25) is 0 Å². The number of anilines is 1. The van der Waals surface area contributed by atoms with E-state index in [1.54, 1.807) is 0 Å². The zero-order valence-corrected chi connectivity index (χ0v) is 20.1. The summed E-state index contributed by atoms with van der Waals surface area (Å²) in [5, 5.41) is 7.05. The largest absolute Gasteiger partial charge is 0.369 e. The molecule has 6 heteroatoms. The quantitative estimate of drug-likeness (QED) is 0.352. The van der Waals surface area contributed by atoms with Crippen LogP contribution in [0.2, 0.25) is 0 Å². The van der Waals surface area contributed by atoms with E-state index in [0.717, 1.165) is 38.6 Å². The van der Waals surface area contributed by atoms with Gasteiger partial charge in [-0.2, -0.15) is 0 Å². The van der Waals surface area contributed by atoms with Crippen LogP contribution in [0.25, 0.3) is 0 Å². The molecule has 0 spiro atoms. The minimum absolute atomic E-state index is 0. The zero-order chi connectivity index (χ0) is 19.8. The number of nitrogens with one attached hydrogen (secondary N) is 2. The number of aliphatic imine (C=N–C) groups is 1. The highest BCUT2D eigenvalue weighted by molar-refractivity contribution is 14.0. The van der Waals surface area contributed by atoms with Crippen molar-refractivity contribution in [3.8, 4) is 0 Å². The lowest BCUT2D eigenvalue weighted by Gasteiger charge is -2.35. The normalized spacial score (nSPS) is 16.9. The topological polar surface area (TPSA) is 52.6 Å². The van der Waals surface area contributed by atoms with Crippen LogP contribution in [0.4, 0.5) is 5.69 Å². The maximum absolute atomic E-state index is 4.81. The molecule has 1 aliphatic rings. The molecule has 2 heterocycles. The van der Waals surface area contributed by atoms with E-state index in [1.807, 2.05) is 12.4 Å². The van der Waals surface area contributed by atoms with Gasteiger partial charge in [-0.15, -0.1) is 24.0 Å². The molecule has 1 atom stereocenters. The number of nitrogens with zero attached hydrogens (tertiary/aromatic N) is 3. The second-order valence-electron chi connectivity index (χ2n) is 7.58. The van der Waals surface area contributed by atoms with Crippen LogP contribution in [0.1, 0.15) is 36.5 Å². The van der Waals surface area contributed by atoms with Crippen LogP contribution in [0.3, 0.4) is 0 Å². The Morgan fingerprint density at radius 3 is 2.72 bits per heavy atom. The summed E-state index contributed by atoms with van der Waals surface area (Å²) in [6.07, 6.45) is 7.09. The fraction of sp³-hybridized carbons (Fsp3) is 0.478. The number of benzene rings is 1. The Kier molecular flexibility index (Phi) is 9.70. The number of rotatable bonds is 6. The second-order valence-corrected chi connectivity index (χ2v) is 7.58. The van der Waals surface area contributed by atoms with E-state index in [9.17, 15) is 0 Å². The molecule has 0 aliphatic carbocycles. The first kappa shape index (κ1) is 23.4. The molecular weight excluding hydrogens is 473 g/mol. The van der Waals surface area contributed by atoms with Crippen molar-refractivity contribution < 1.29 is 0 Å². The monoisotopic (exact) mass is 507 g/mol. The third-order valence-electron chi connectivity index (χ3n) is 5.29. The molecule has 2 aromatic rings. The number of piperidine rings is 1. The first-order valence-electron chi connectivity index (χ1n) is 10.4. The summed E-state index contributed by atoms with van der Waals surface area (Å²) >= 11 is 0. The Labute approximate surface area is 192 Å². The van der Waals surface area contributed by atoms with Crippen LogP contribution < -0.4 is 15.5 Å². The smallest absolute Gasteiger partial charge is 0.191 e. The van der Waals surface area contributed by atoms with Crippen molar-refractivity contribution in [1.29, 1.82) is 0 Å². The summed E-state index contributed by atoms with van der Waals surface area (Å²) < 4.78 is 0. The first-order valence-corrected chi connectivity index (χ1v) is 10.4. The standard InChI is InChI=1S/C23H33N5.HI/c1-4-25-23(26-14-12-20-11-13-24-16-19(20)3)27-21-6-5-15-28(17-21)22-9-7-18(2)8-10-22;/h7-11,13,16,21H,4-6,12,14-15,17H2,1-3H3,(H2,25,26,27);1H. The van der Waals surface area contributed by atoms with Crippen LogP contribution in [-0.2, 0) is 6.42 Å². The van der Waals surface area contributed by atoms with Gasteiger partial charge in [0.15, 0.2) is 5.96 Å². The fourth-order valence-electron chi connectivity index (χ4n) is 3.67. The number of aryl methyl sites for hydroxylation is 2. The van der Waals surface area contributed by atoms with Crippen molar-refractivity contribution in [1.82, 2.24) is 15.6 Å². The molecule has 5 nitrogen and oxygen atoms in total. The SMILES string of the molecule is CCNC(=NCCc1ccncc1C)NC1CCCN(c2ccc(C)cc2)C1.I. The number of guanidine groups is 1. The molecule has 0 amide bonds. The summed E-state index contributed by atoms with van der Waals surface area (Å²) in [4.78, 5) is 11.5. The number of hydrogen-bond acceptors (Lipinski definition) is 3. The van der Waals surface area contributed by atoms with Gasteiger partial charge in [-0.1, -0.05) is 17.7 Å². The molecule has 1 aliphatic heterocycles. The molecule has 1 unspecified atom stereocenters. The maximum Gasteiger partial charge on any atom is 0.191 e. The zero-order valence-electron chi connectivity index (χ0n) is 17.8. The minimum Gasteiger partial charge on any atom is -0.369 e. The molecule has 1 saturated heterocycles. The van der Waals surface area contributed by atoms with Crippen molar-refractivity contribution in [2.45, 2.75) is 46.1 Å². The third-order valence-corrected chi connectivity index (χ3v) is 5.29. The number of pyridine rings is 1. The van der Waals surface area contributed by atoms with Gasteiger partial charge in [0.05, 0.1) is 0 Å². The Morgan fingerprint density at radius 2 is 2.00 bits per heavy atom. The molecule has 0 bridgehead atoms. The average Bonchev–Trinajstić information content (AvgIpc) is 2.70. The van der Waals surface area contributed by atoms with E-state index in [1.165, 1.54) is 35.2 Å². The molecule has 158 valence electrons. The molecule has 1 aromatic heterocycles. The van der Waals surface area contributed by atoms with Gasteiger partial charge in [0, 0.05) is 50.3 Å². The van der Waals surface area contributed by atoms with Crippen molar-refractivity contribution in [2.75, 3.05) is 31.1 Å². The van der Waals surface area contributed by atoms with Gasteiger partial charge < -0.3 is 15.5 Å². The summed E-state index contributed by atoms with van der Waals surface area (Å²) in [7, 11) is 0. The lowest BCUT2D eigenvalue weighted by Crippen LogP contribution is -2.51. The van der Waals surface area contributed by atoms with Gasteiger partial charge >= 0.3 is 0 Å². The first-order chi connectivity index (χ1) is 13.7. The van der Waals surface area contributed by atoms with E-state index in [2.05, 4.69) is 71.6 Å². The van der Waals surface area contributed by atoms with Crippen LogP contribution >= 0.6 is 24.0 Å². The molecule has 0 saturated carbocycles. The summed E-state index contributed by atoms with van der Waals surface area (Å²) in [5.41, 5.74) is 5.17. The van der Waals surface area contributed by atoms with E-state index in [0.29, 0.717) is 6.04 Å². The van der Waals surface area contributed by atoms with Crippen LogP contribution in [-0.4, -0.2) is 43.2 Å². The molecule has 3 rings (SSSR count). The molecule has 1 fully saturated rings. The summed E-state index contributed by atoms with van der Waals surface area (Å²) in [6, 6.07) is 11.3. The van der Waals surface area contributed by atoms with Gasteiger partial charge in [0.25, 0.3) is 0 Å². The van der Waals surface area contributed by atoms with Crippen LogP contribution in [0.15, 0.2) is 47.7 Å².